The number of aromatic amines is 2. The van der Waals surface area contributed by atoms with Gasteiger partial charge in [-0.1, -0.05) is 24.3 Å². The number of hydrogen-bond acceptors (Lipinski definition) is 0. The van der Waals surface area contributed by atoms with Gasteiger partial charge in [0.25, 0.3) is 0 Å². The Labute approximate surface area is 175 Å². The lowest BCUT2D eigenvalue weighted by atomic mass is 10.2. The first-order chi connectivity index (χ1) is 11.8. The highest BCUT2D eigenvalue weighted by Crippen LogP contribution is 2.09. The molecule has 4 aromatic rings. The Kier molecular flexibility index (Phi) is 9.68. The van der Waals surface area contributed by atoms with Gasteiger partial charge in [0, 0.05) is 35.0 Å². The van der Waals surface area contributed by atoms with E-state index < -0.39 is 0 Å². The van der Waals surface area contributed by atoms with Crippen LogP contribution in [0, 0.1) is 0 Å². The number of aromatic nitrogens is 2. The highest BCUT2D eigenvalue weighted by molar-refractivity contribution is 6.17. The van der Waals surface area contributed by atoms with Crippen molar-refractivity contribution in [2.24, 2.45) is 0 Å². The molecule has 0 atom stereocenters. The molecule has 2 N–H and O–H groups in total. The van der Waals surface area contributed by atoms with E-state index in [1.165, 1.54) is 10.8 Å². The Morgan fingerprint density at radius 2 is 0.923 bits per heavy atom. The van der Waals surface area contributed by atoms with E-state index >= 15 is 0 Å². The van der Waals surface area contributed by atoms with E-state index in [1.54, 1.807) is 0 Å². The van der Waals surface area contributed by atoms with Gasteiger partial charge in [-0.3, -0.25) is 0 Å². The van der Waals surface area contributed by atoms with Crippen LogP contribution in [0.5, 0.6) is 0 Å². The Morgan fingerprint density at radius 3 is 1.31 bits per heavy atom. The number of rotatable bonds is 2. The molecule has 2 nitrogen and oxygen atoms in total. The lowest BCUT2D eigenvalue weighted by Crippen LogP contribution is -3.00. The molecule has 2 aromatic carbocycles. The SMILES string of the molecule is ClCc1ccc2ccccc2[nH+]1.ClCc1ccc2ccccc2[nH+]1.[Cl-].[Cl-]. The minimum absolute atomic E-state index is 0. The van der Waals surface area contributed by atoms with Crippen molar-refractivity contribution in [2.75, 3.05) is 0 Å². The fraction of sp³-hybridized carbons (Fsp3) is 0.100. The Bertz CT molecular complexity index is 881. The van der Waals surface area contributed by atoms with E-state index in [-0.39, 0.29) is 24.8 Å². The summed E-state index contributed by atoms with van der Waals surface area (Å²) in [5, 5.41) is 2.43. The van der Waals surface area contributed by atoms with Crippen molar-refractivity contribution in [1.82, 2.24) is 0 Å². The van der Waals surface area contributed by atoms with Gasteiger partial charge in [-0.15, -0.1) is 23.2 Å². The molecule has 0 aliphatic rings. The molecule has 0 saturated carbocycles. The zero-order valence-electron chi connectivity index (χ0n) is 13.9. The van der Waals surface area contributed by atoms with Crippen molar-refractivity contribution in [3.05, 3.63) is 84.2 Å². The van der Waals surface area contributed by atoms with Gasteiger partial charge < -0.3 is 24.8 Å². The highest BCUT2D eigenvalue weighted by atomic mass is 35.5. The summed E-state index contributed by atoms with van der Waals surface area (Å²) >= 11 is 11.4. The topological polar surface area (TPSA) is 28.3 Å². The molecule has 0 amide bonds. The van der Waals surface area contributed by atoms with Gasteiger partial charge >= 0.3 is 0 Å². The summed E-state index contributed by atoms with van der Waals surface area (Å²) in [5.41, 5.74) is 4.37. The zero-order valence-corrected chi connectivity index (χ0v) is 16.9. The van der Waals surface area contributed by atoms with E-state index in [9.17, 15) is 0 Å². The fourth-order valence-electron chi connectivity index (χ4n) is 2.48. The number of para-hydroxylation sites is 2. The first-order valence-electron chi connectivity index (χ1n) is 7.72. The molecule has 26 heavy (non-hydrogen) atoms. The number of H-pyrrole nitrogens is 2. The molecule has 0 saturated heterocycles. The largest absolute Gasteiger partial charge is 1.00 e. The lowest BCUT2D eigenvalue weighted by molar-refractivity contribution is -0.356. The standard InChI is InChI=1S/2C10H8ClN.2ClH/c2*11-7-9-6-5-8-3-1-2-4-10(8)12-9;;/h2*1-6H,7H2;2*1H. The van der Waals surface area contributed by atoms with Gasteiger partial charge in [0.1, 0.15) is 11.8 Å². The number of alkyl halides is 2. The Hall–Kier alpha value is -1.58. The molecule has 0 aliphatic heterocycles. The molecule has 2 aromatic heterocycles. The predicted molar refractivity (Wildman–Crippen MR) is 100 cm³/mol. The van der Waals surface area contributed by atoms with Gasteiger partial charge in [-0.05, 0) is 24.3 Å². The molecule has 136 valence electrons. The average molecular weight is 428 g/mol. The number of halogens is 4. The monoisotopic (exact) mass is 426 g/mol. The molecule has 0 spiro atoms. The van der Waals surface area contributed by atoms with Crippen LogP contribution in [-0.4, -0.2) is 0 Å². The molecule has 0 bridgehead atoms. The summed E-state index contributed by atoms with van der Waals surface area (Å²) in [5.74, 6) is 1.07. The minimum atomic E-state index is 0. The first kappa shape index (κ1) is 22.5. The van der Waals surface area contributed by atoms with Crippen LogP contribution < -0.4 is 34.8 Å². The summed E-state index contributed by atoms with van der Waals surface area (Å²) in [6, 6.07) is 24.5. The van der Waals surface area contributed by atoms with Gasteiger partial charge in [-0.25, -0.2) is 9.97 Å². The third-order valence-electron chi connectivity index (χ3n) is 3.73. The molecule has 0 aliphatic carbocycles. The number of hydrogen-bond donors (Lipinski definition) is 0. The third-order valence-corrected chi connectivity index (χ3v) is 4.30. The fourth-order valence-corrected chi connectivity index (χ4v) is 2.79. The van der Waals surface area contributed by atoms with Crippen LogP contribution in [0.3, 0.4) is 0 Å². The molecular weight excluding hydrogens is 410 g/mol. The zero-order chi connectivity index (χ0) is 16.8. The summed E-state index contributed by atoms with van der Waals surface area (Å²) in [6.45, 7) is 0. The van der Waals surface area contributed by atoms with Crippen LogP contribution in [-0.2, 0) is 11.8 Å². The highest BCUT2D eigenvalue weighted by Gasteiger charge is 2.02. The first-order valence-corrected chi connectivity index (χ1v) is 8.79. The van der Waals surface area contributed by atoms with Gasteiger partial charge in [0.15, 0.2) is 11.4 Å². The van der Waals surface area contributed by atoms with Gasteiger partial charge in [-0.2, -0.15) is 0 Å². The van der Waals surface area contributed by atoms with E-state index in [1.807, 2.05) is 48.5 Å². The number of fused-ring (bicyclic) bond motifs is 2. The second-order valence-corrected chi connectivity index (χ2v) is 5.94. The van der Waals surface area contributed by atoms with Crippen LogP contribution in [0.2, 0.25) is 0 Å². The predicted octanol–water partition coefficient (Wildman–Crippen LogP) is -1.21. The number of benzene rings is 2. The molecule has 4 rings (SSSR count). The molecule has 0 unspecified atom stereocenters. The second kappa shape index (κ2) is 11.2. The Balaban J connectivity index is 0.000000241. The maximum atomic E-state index is 5.70. The minimum Gasteiger partial charge on any atom is -1.00 e. The van der Waals surface area contributed by atoms with Crippen molar-refractivity contribution in [3.8, 4) is 0 Å². The summed E-state index contributed by atoms with van der Waals surface area (Å²) in [6.07, 6.45) is 0. The maximum Gasteiger partial charge on any atom is 0.211 e. The molecular formula is C20H18Cl4N2. The quantitative estimate of drug-likeness (QED) is 0.359. The normalized spacial score (nSPS) is 9.62. The van der Waals surface area contributed by atoms with E-state index in [0.717, 1.165) is 22.4 Å². The molecule has 0 fully saturated rings. The van der Waals surface area contributed by atoms with Crippen molar-refractivity contribution in [3.63, 3.8) is 0 Å². The van der Waals surface area contributed by atoms with Gasteiger partial charge in [0.2, 0.25) is 11.0 Å². The maximum absolute atomic E-state index is 5.70. The second-order valence-electron chi connectivity index (χ2n) is 5.41. The van der Waals surface area contributed by atoms with Crippen molar-refractivity contribution in [1.29, 1.82) is 0 Å². The molecule has 2 heterocycles. The van der Waals surface area contributed by atoms with Crippen molar-refractivity contribution in [2.45, 2.75) is 11.8 Å². The summed E-state index contributed by atoms with van der Waals surface area (Å²) in [4.78, 5) is 6.49. The van der Waals surface area contributed by atoms with Crippen molar-refractivity contribution >= 4 is 45.0 Å². The molecule has 6 heteroatoms. The van der Waals surface area contributed by atoms with Gasteiger partial charge in [0.05, 0.1) is 0 Å². The third kappa shape index (κ3) is 5.72. The van der Waals surface area contributed by atoms with Crippen LogP contribution in [0.25, 0.3) is 21.8 Å². The van der Waals surface area contributed by atoms with Crippen LogP contribution >= 0.6 is 23.2 Å². The smallest absolute Gasteiger partial charge is 0.211 e. The average Bonchev–Trinajstić information content (AvgIpc) is 2.67. The Morgan fingerprint density at radius 1 is 0.538 bits per heavy atom. The molecule has 0 radical (unpaired) electrons. The van der Waals surface area contributed by atoms with Crippen molar-refractivity contribution < 1.29 is 34.8 Å². The number of nitrogens with one attached hydrogen (secondary N) is 2. The number of pyridine rings is 2. The van der Waals surface area contributed by atoms with Crippen LogP contribution in [0.15, 0.2) is 72.8 Å². The summed E-state index contributed by atoms with van der Waals surface area (Å²) < 4.78 is 0. The summed E-state index contributed by atoms with van der Waals surface area (Å²) in [7, 11) is 0. The van der Waals surface area contributed by atoms with E-state index in [0.29, 0.717) is 11.8 Å². The van der Waals surface area contributed by atoms with Crippen LogP contribution in [0.4, 0.5) is 0 Å². The van der Waals surface area contributed by atoms with Crippen LogP contribution in [0.1, 0.15) is 11.4 Å². The lowest BCUT2D eigenvalue weighted by Gasteiger charge is -1.91. The van der Waals surface area contributed by atoms with E-state index in [4.69, 9.17) is 23.2 Å². The van der Waals surface area contributed by atoms with E-state index in [2.05, 4.69) is 34.2 Å².